The summed E-state index contributed by atoms with van der Waals surface area (Å²) in [5.41, 5.74) is 2.52. The molecular formula is C14H10BrN3O4. The Morgan fingerprint density at radius 1 is 1.27 bits per heavy atom. The number of aromatic hydroxyl groups is 1. The molecule has 0 bridgehead atoms. The zero-order valence-electron chi connectivity index (χ0n) is 11.1. The molecule has 0 aromatic heterocycles. The highest BCUT2D eigenvalue weighted by atomic mass is 79.9. The van der Waals surface area contributed by atoms with Crippen molar-refractivity contribution in [3.63, 3.8) is 0 Å². The van der Waals surface area contributed by atoms with Crippen molar-refractivity contribution in [2.75, 3.05) is 0 Å². The van der Waals surface area contributed by atoms with Crippen LogP contribution in [0.2, 0.25) is 0 Å². The summed E-state index contributed by atoms with van der Waals surface area (Å²) in [7, 11) is 0. The van der Waals surface area contributed by atoms with Gasteiger partial charge in [-0.05, 0) is 36.4 Å². The first-order valence-electron chi connectivity index (χ1n) is 6.04. The van der Waals surface area contributed by atoms with Gasteiger partial charge in [0.2, 0.25) is 0 Å². The van der Waals surface area contributed by atoms with Gasteiger partial charge in [-0.15, -0.1) is 0 Å². The number of hydrazone groups is 1. The third kappa shape index (κ3) is 3.89. The van der Waals surface area contributed by atoms with Crippen molar-refractivity contribution in [3.05, 3.63) is 68.2 Å². The molecule has 2 rings (SSSR count). The van der Waals surface area contributed by atoms with Crippen LogP contribution in [0.1, 0.15) is 15.9 Å². The molecule has 112 valence electrons. The minimum Gasteiger partial charge on any atom is -0.508 e. The summed E-state index contributed by atoms with van der Waals surface area (Å²) in [6.07, 6.45) is 1.11. The molecule has 0 unspecified atom stereocenters. The number of nitrogens with one attached hydrogen (secondary N) is 1. The number of amides is 1. The van der Waals surface area contributed by atoms with Gasteiger partial charge in [-0.2, -0.15) is 5.10 Å². The molecular weight excluding hydrogens is 354 g/mol. The molecule has 0 aliphatic heterocycles. The highest BCUT2D eigenvalue weighted by Gasteiger charge is 2.12. The number of hydrogen-bond acceptors (Lipinski definition) is 5. The number of hydrogen-bond donors (Lipinski definition) is 2. The standard InChI is InChI=1S/C14H10BrN3O4/c15-11-3-1-9(2-4-11)14(20)17-16-8-10-7-12(19)5-6-13(10)18(21)22/h1-8,19H,(H,17,20)/b16-8+. The first-order valence-corrected chi connectivity index (χ1v) is 6.83. The van der Waals surface area contributed by atoms with Crippen LogP contribution in [0.4, 0.5) is 5.69 Å². The van der Waals surface area contributed by atoms with Gasteiger partial charge in [-0.25, -0.2) is 5.43 Å². The van der Waals surface area contributed by atoms with Crippen LogP contribution in [0.3, 0.4) is 0 Å². The molecule has 7 nitrogen and oxygen atoms in total. The van der Waals surface area contributed by atoms with Gasteiger partial charge in [0.1, 0.15) is 5.75 Å². The topological polar surface area (TPSA) is 105 Å². The second-order valence-electron chi connectivity index (χ2n) is 4.21. The Labute approximate surface area is 133 Å². The summed E-state index contributed by atoms with van der Waals surface area (Å²) in [6.45, 7) is 0. The van der Waals surface area contributed by atoms with Gasteiger partial charge in [0.25, 0.3) is 11.6 Å². The van der Waals surface area contributed by atoms with Gasteiger partial charge < -0.3 is 5.11 Å². The van der Waals surface area contributed by atoms with Crippen LogP contribution in [0.5, 0.6) is 5.75 Å². The molecule has 0 heterocycles. The van der Waals surface area contributed by atoms with Crippen molar-refractivity contribution in [2.24, 2.45) is 5.10 Å². The van der Waals surface area contributed by atoms with E-state index in [-0.39, 0.29) is 17.0 Å². The molecule has 0 radical (unpaired) electrons. The lowest BCUT2D eigenvalue weighted by molar-refractivity contribution is -0.385. The van der Waals surface area contributed by atoms with Crippen molar-refractivity contribution >= 4 is 33.7 Å². The molecule has 1 amide bonds. The highest BCUT2D eigenvalue weighted by molar-refractivity contribution is 9.10. The van der Waals surface area contributed by atoms with Gasteiger partial charge in [-0.3, -0.25) is 14.9 Å². The fourth-order valence-corrected chi connectivity index (χ4v) is 1.90. The molecule has 2 N–H and O–H groups in total. The minimum atomic E-state index is -0.600. The van der Waals surface area contributed by atoms with E-state index in [0.29, 0.717) is 5.56 Å². The van der Waals surface area contributed by atoms with Gasteiger partial charge >= 0.3 is 0 Å². The van der Waals surface area contributed by atoms with E-state index in [0.717, 1.165) is 16.8 Å². The lowest BCUT2D eigenvalue weighted by Gasteiger charge is -2.01. The average Bonchev–Trinajstić information content (AvgIpc) is 2.47. The molecule has 22 heavy (non-hydrogen) atoms. The van der Waals surface area contributed by atoms with Crippen molar-refractivity contribution < 1.29 is 14.8 Å². The maximum Gasteiger partial charge on any atom is 0.278 e. The molecule has 0 aliphatic carbocycles. The van der Waals surface area contributed by atoms with E-state index in [9.17, 15) is 20.0 Å². The fraction of sp³-hybridized carbons (Fsp3) is 0. The summed E-state index contributed by atoms with van der Waals surface area (Å²) < 4.78 is 0.836. The summed E-state index contributed by atoms with van der Waals surface area (Å²) in [6, 6.07) is 10.2. The molecule has 0 saturated heterocycles. The lowest BCUT2D eigenvalue weighted by atomic mass is 10.2. The number of nitrogens with zero attached hydrogens (tertiary/aromatic N) is 2. The summed E-state index contributed by atoms with van der Waals surface area (Å²) in [4.78, 5) is 22.1. The Balaban J connectivity index is 2.12. The number of halogens is 1. The van der Waals surface area contributed by atoms with Crippen molar-refractivity contribution in [3.8, 4) is 5.75 Å². The van der Waals surface area contributed by atoms with Gasteiger partial charge in [-0.1, -0.05) is 15.9 Å². The Morgan fingerprint density at radius 3 is 2.59 bits per heavy atom. The highest BCUT2D eigenvalue weighted by Crippen LogP contribution is 2.21. The number of benzene rings is 2. The van der Waals surface area contributed by atoms with E-state index in [4.69, 9.17) is 0 Å². The Bertz CT molecular complexity index is 744. The fourth-order valence-electron chi connectivity index (χ4n) is 1.64. The number of phenolic OH excluding ortho intramolecular Hbond substituents is 1. The number of carbonyl (C=O) groups is 1. The molecule has 0 spiro atoms. The van der Waals surface area contributed by atoms with Gasteiger partial charge in [0.05, 0.1) is 16.7 Å². The van der Waals surface area contributed by atoms with E-state index in [2.05, 4.69) is 26.5 Å². The lowest BCUT2D eigenvalue weighted by Crippen LogP contribution is -2.17. The average molecular weight is 364 g/mol. The molecule has 0 aliphatic rings. The van der Waals surface area contributed by atoms with Gasteiger partial charge in [0.15, 0.2) is 0 Å². The number of rotatable bonds is 4. The first-order chi connectivity index (χ1) is 10.5. The monoisotopic (exact) mass is 363 g/mol. The summed E-state index contributed by atoms with van der Waals surface area (Å²) >= 11 is 3.26. The second-order valence-corrected chi connectivity index (χ2v) is 5.12. The van der Waals surface area contributed by atoms with Crippen LogP contribution < -0.4 is 5.43 Å². The third-order valence-electron chi connectivity index (χ3n) is 2.68. The second kappa shape index (κ2) is 6.81. The Kier molecular flexibility index (Phi) is 4.84. The number of phenols is 1. The maximum atomic E-state index is 11.8. The van der Waals surface area contributed by atoms with Crippen molar-refractivity contribution in [2.45, 2.75) is 0 Å². The molecule has 2 aromatic carbocycles. The normalized spacial score (nSPS) is 10.6. The maximum absolute atomic E-state index is 11.8. The number of nitro benzene ring substituents is 1. The smallest absolute Gasteiger partial charge is 0.278 e. The van der Waals surface area contributed by atoms with Gasteiger partial charge in [0, 0.05) is 16.1 Å². The van der Waals surface area contributed by atoms with Crippen LogP contribution in [-0.2, 0) is 0 Å². The molecule has 2 aromatic rings. The van der Waals surface area contributed by atoms with Crippen LogP contribution in [0, 0.1) is 10.1 Å². The zero-order valence-corrected chi connectivity index (χ0v) is 12.6. The predicted molar refractivity (Wildman–Crippen MR) is 84.0 cm³/mol. The van der Waals surface area contributed by atoms with Crippen molar-refractivity contribution in [1.29, 1.82) is 0 Å². The van der Waals surface area contributed by atoms with E-state index >= 15 is 0 Å². The quantitative estimate of drug-likeness (QED) is 0.494. The molecule has 0 fully saturated rings. The number of carbonyl (C=O) groups excluding carboxylic acids is 1. The van der Waals surface area contributed by atoms with Crippen LogP contribution in [-0.4, -0.2) is 22.2 Å². The van der Waals surface area contributed by atoms with E-state index in [1.54, 1.807) is 24.3 Å². The Morgan fingerprint density at radius 2 is 1.95 bits per heavy atom. The van der Waals surface area contributed by atoms with Crippen molar-refractivity contribution in [1.82, 2.24) is 5.43 Å². The number of nitro groups is 1. The van der Waals surface area contributed by atoms with Crippen LogP contribution >= 0.6 is 15.9 Å². The minimum absolute atomic E-state index is 0.0844. The summed E-state index contributed by atoms with van der Waals surface area (Å²) in [5, 5.41) is 23.9. The third-order valence-corrected chi connectivity index (χ3v) is 3.21. The van der Waals surface area contributed by atoms with E-state index in [1.807, 2.05) is 0 Å². The van der Waals surface area contributed by atoms with E-state index in [1.165, 1.54) is 12.1 Å². The predicted octanol–water partition coefficient (Wildman–Crippen LogP) is 2.83. The molecule has 0 atom stereocenters. The van der Waals surface area contributed by atoms with Crippen LogP contribution in [0.15, 0.2) is 52.0 Å². The first kappa shape index (κ1) is 15.6. The zero-order chi connectivity index (χ0) is 16.1. The SMILES string of the molecule is O=C(N/N=C/c1cc(O)ccc1[N+](=O)[O-])c1ccc(Br)cc1. The largest absolute Gasteiger partial charge is 0.508 e. The molecule has 0 saturated carbocycles. The molecule has 8 heteroatoms. The summed E-state index contributed by atoms with van der Waals surface area (Å²) in [5.74, 6) is -0.585. The van der Waals surface area contributed by atoms with Crippen LogP contribution in [0.25, 0.3) is 0 Å². The Hall–Kier alpha value is -2.74. The van der Waals surface area contributed by atoms with E-state index < -0.39 is 10.8 Å².